The van der Waals surface area contributed by atoms with E-state index >= 15 is 0 Å². The molecule has 19 heavy (non-hydrogen) atoms. The third-order valence-corrected chi connectivity index (χ3v) is 2.68. The van der Waals surface area contributed by atoms with Crippen LogP contribution in [0.2, 0.25) is 0 Å². The first-order valence-electron chi connectivity index (χ1n) is 5.55. The van der Waals surface area contributed by atoms with Crippen molar-refractivity contribution in [2.75, 3.05) is 19.1 Å². The summed E-state index contributed by atoms with van der Waals surface area (Å²) in [5, 5.41) is 8.85. The minimum atomic E-state index is -0.946. The molecule has 0 fully saturated rings. The van der Waals surface area contributed by atoms with E-state index in [1.165, 1.54) is 13.4 Å². The Kier molecular flexibility index (Phi) is 3.61. The molecule has 1 heterocycles. The number of anilines is 2. The Morgan fingerprint density at radius 3 is 2.53 bits per heavy atom. The summed E-state index contributed by atoms with van der Waals surface area (Å²) in [7, 11) is 3.37. The highest BCUT2D eigenvalue weighted by Gasteiger charge is 2.08. The normalized spacial score (nSPS) is 10.0. The first-order chi connectivity index (χ1) is 9.11. The first-order valence-corrected chi connectivity index (χ1v) is 5.55. The number of carbonyl (C=O) groups is 1. The van der Waals surface area contributed by atoms with Crippen LogP contribution in [0.15, 0.2) is 36.7 Å². The van der Waals surface area contributed by atoms with Crippen molar-refractivity contribution in [2.24, 2.45) is 0 Å². The van der Waals surface area contributed by atoms with Gasteiger partial charge in [-0.15, -0.1) is 0 Å². The Morgan fingerprint density at radius 1 is 1.26 bits per heavy atom. The van der Waals surface area contributed by atoms with Gasteiger partial charge < -0.3 is 14.7 Å². The molecule has 0 saturated heterocycles. The third-order valence-electron chi connectivity index (χ3n) is 2.68. The van der Waals surface area contributed by atoms with Crippen molar-refractivity contribution in [1.29, 1.82) is 0 Å². The molecule has 98 valence electrons. The fourth-order valence-corrected chi connectivity index (χ4v) is 1.58. The summed E-state index contributed by atoms with van der Waals surface area (Å²) < 4.78 is 5.04. The largest absolute Gasteiger partial charge is 0.481 e. The lowest BCUT2D eigenvalue weighted by molar-refractivity contribution is 0.0697. The molecule has 1 N–H and O–H groups in total. The van der Waals surface area contributed by atoms with Gasteiger partial charge in [-0.25, -0.2) is 14.8 Å². The van der Waals surface area contributed by atoms with Crippen LogP contribution in [0.25, 0.3) is 0 Å². The van der Waals surface area contributed by atoms with Crippen molar-refractivity contribution in [3.05, 3.63) is 42.2 Å². The number of nitrogens with zero attached hydrogens (tertiary/aromatic N) is 3. The van der Waals surface area contributed by atoms with Crippen LogP contribution in [-0.2, 0) is 0 Å². The van der Waals surface area contributed by atoms with Crippen molar-refractivity contribution >= 4 is 17.5 Å². The van der Waals surface area contributed by atoms with E-state index < -0.39 is 5.97 Å². The molecule has 0 aliphatic rings. The lowest BCUT2D eigenvalue weighted by atomic mass is 10.2. The molecule has 0 aliphatic carbocycles. The monoisotopic (exact) mass is 259 g/mol. The molecule has 0 unspecified atom stereocenters. The van der Waals surface area contributed by atoms with Crippen LogP contribution >= 0.6 is 0 Å². The molecule has 6 heteroatoms. The number of ether oxygens (including phenoxy) is 1. The van der Waals surface area contributed by atoms with Gasteiger partial charge in [-0.3, -0.25) is 0 Å². The molecular formula is C13H13N3O3. The second kappa shape index (κ2) is 5.34. The van der Waals surface area contributed by atoms with Gasteiger partial charge in [-0.05, 0) is 24.3 Å². The molecule has 1 aromatic carbocycles. The molecule has 0 atom stereocenters. The Balaban J connectivity index is 2.27. The number of rotatable bonds is 4. The fraction of sp³-hybridized carbons (Fsp3) is 0.154. The van der Waals surface area contributed by atoms with Crippen LogP contribution in [-0.4, -0.2) is 35.2 Å². The summed E-state index contributed by atoms with van der Waals surface area (Å²) in [5.74, 6) is 0.187. The maximum atomic E-state index is 10.8. The van der Waals surface area contributed by atoms with E-state index in [4.69, 9.17) is 9.84 Å². The molecular weight excluding hydrogens is 246 g/mol. The van der Waals surface area contributed by atoms with Crippen LogP contribution in [0.4, 0.5) is 11.5 Å². The van der Waals surface area contributed by atoms with Crippen molar-refractivity contribution in [2.45, 2.75) is 0 Å². The van der Waals surface area contributed by atoms with E-state index in [0.29, 0.717) is 11.7 Å². The predicted octanol–water partition coefficient (Wildman–Crippen LogP) is 1.95. The highest BCUT2D eigenvalue weighted by atomic mass is 16.5. The maximum Gasteiger partial charge on any atom is 0.335 e. The number of hydrogen-bond acceptors (Lipinski definition) is 5. The van der Waals surface area contributed by atoms with Gasteiger partial charge in [0.1, 0.15) is 12.1 Å². The number of benzene rings is 1. The SMILES string of the molecule is COc1cc(N(C)c2ccc(C(=O)O)cc2)ncn1. The van der Waals surface area contributed by atoms with E-state index in [9.17, 15) is 4.79 Å². The van der Waals surface area contributed by atoms with Gasteiger partial charge in [0.05, 0.1) is 12.7 Å². The van der Waals surface area contributed by atoms with E-state index in [2.05, 4.69) is 9.97 Å². The first kappa shape index (κ1) is 12.8. The zero-order valence-electron chi connectivity index (χ0n) is 10.6. The van der Waals surface area contributed by atoms with Crippen molar-refractivity contribution in [3.8, 4) is 5.88 Å². The van der Waals surface area contributed by atoms with Crippen LogP contribution < -0.4 is 9.64 Å². The van der Waals surface area contributed by atoms with E-state index in [1.54, 1.807) is 30.3 Å². The molecule has 2 rings (SSSR count). The van der Waals surface area contributed by atoms with Crippen molar-refractivity contribution < 1.29 is 14.6 Å². The van der Waals surface area contributed by atoms with Gasteiger partial charge in [0.15, 0.2) is 0 Å². The number of carboxylic acids is 1. The maximum absolute atomic E-state index is 10.8. The lowest BCUT2D eigenvalue weighted by Crippen LogP contribution is -2.11. The molecule has 0 aliphatic heterocycles. The van der Waals surface area contributed by atoms with Gasteiger partial charge in [0, 0.05) is 18.8 Å². The summed E-state index contributed by atoms with van der Waals surface area (Å²) in [6.07, 6.45) is 1.41. The van der Waals surface area contributed by atoms with Gasteiger partial charge >= 0.3 is 5.97 Å². The number of carboxylic acid groups (broad SMARTS) is 1. The second-order valence-electron chi connectivity index (χ2n) is 3.83. The Morgan fingerprint density at radius 2 is 1.95 bits per heavy atom. The third kappa shape index (κ3) is 2.79. The molecule has 0 spiro atoms. The average Bonchev–Trinajstić information content (AvgIpc) is 2.46. The molecule has 6 nitrogen and oxygen atoms in total. The predicted molar refractivity (Wildman–Crippen MR) is 70.0 cm³/mol. The van der Waals surface area contributed by atoms with Crippen LogP contribution in [0.1, 0.15) is 10.4 Å². The van der Waals surface area contributed by atoms with E-state index in [-0.39, 0.29) is 5.56 Å². The highest BCUT2D eigenvalue weighted by molar-refractivity contribution is 5.88. The number of methoxy groups -OCH3 is 1. The van der Waals surface area contributed by atoms with Crippen LogP contribution in [0, 0.1) is 0 Å². The van der Waals surface area contributed by atoms with E-state index in [1.807, 2.05) is 11.9 Å². The quantitative estimate of drug-likeness (QED) is 0.904. The highest BCUT2D eigenvalue weighted by Crippen LogP contribution is 2.23. The zero-order valence-corrected chi connectivity index (χ0v) is 10.6. The molecule has 0 bridgehead atoms. The second-order valence-corrected chi connectivity index (χ2v) is 3.83. The zero-order chi connectivity index (χ0) is 13.8. The van der Waals surface area contributed by atoms with Gasteiger partial charge in [0.2, 0.25) is 5.88 Å². The topological polar surface area (TPSA) is 75.5 Å². The smallest absolute Gasteiger partial charge is 0.335 e. The standard InChI is InChI=1S/C13H13N3O3/c1-16(11-7-12(19-2)15-8-14-11)10-5-3-9(4-6-10)13(17)18/h3-8H,1-2H3,(H,17,18). The fourth-order valence-electron chi connectivity index (χ4n) is 1.58. The lowest BCUT2D eigenvalue weighted by Gasteiger charge is -2.18. The molecule has 0 radical (unpaired) electrons. The summed E-state index contributed by atoms with van der Waals surface area (Å²) in [6, 6.07) is 8.24. The summed E-state index contributed by atoms with van der Waals surface area (Å²) >= 11 is 0. The van der Waals surface area contributed by atoms with E-state index in [0.717, 1.165) is 5.69 Å². The summed E-state index contributed by atoms with van der Waals surface area (Å²) in [5.41, 5.74) is 1.07. The Bertz CT molecular complexity index is 584. The number of aromatic carboxylic acids is 1. The Labute approximate surface area is 110 Å². The molecule has 0 amide bonds. The van der Waals surface area contributed by atoms with Gasteiger partial charge in [-0.1, -0.05) is 0 Å². The van der Waals surface area contributed by atoms with Crippen molar-refractivity contribution in [1.82, 2.24) is 9.97 Å². The van der Waals surface area contributed by atoms with Crippen LogP contribution in [0.5, 0.6) is 5.88 Å². The van der Waals surface area contributed by atoms with Gasteiger partial charge in [0.25, 0.3) is 0 Å². The minimum absolute atomic E-state index is 0.248. The summed E-state index contributed by atoms with van der Waals surface area (Å²) in [4.78, 5) is 20.7. The summed E-state index contributed by atoms with van der Waals surface area (Å²) in [6.45, 7) is 0. The number of aromatic nitrogens is 2. The average molecular weight is 259 g/mol. The van der Waals surface area contributed by atoms with Crippen molar-refractivity contribution in [3.63, 3.8) is 0 Å². The Hall–Kier alpha value is -2.63. The number of hydrogen-bond donors (Lipinski definition) is 1. The molecule has 2 aromatic rings. The molecule has 1 aromatic heterocycles. The molecule has 0 saturated carbocycles. The van der Waals surface area contributed by atoms with Crippen LogP contribution in [0.3, 0.4) is 0 Å². The minimum Gasteiger partial charge on any atom is -0.481 e. The van der Waals surface area contributed by atoms with Gasteiger partial charge in [-0.2, -0.15) is 0 Å².